The summed E-state index contributed by atoms with van der Waals surface area (Å²) in [6.07, 6.45) is 21.3. The van der Waals surface area contributed by atoms with Crippen LogP contribution in [0.3, 0.4) is 0 Å². The van der Waals surface area contributed by atoms with Crippen molar-refractivity contribution in [3.63, 3.8) is 0 Å². The molecule has 0 aromatic rings. The summed E-state index contributed by atoms with van der Waals surface area (Å²) in [5.41, 5.74) is 5.75. The molecule has 0 aromatic carbocycles. The van der Waals surface area contributed by atoms with E-state index in [-0.39, 0.29) is 19.2 Å². The van der Waals surface area contributed by atoms with Crippen LogP contribution < -0.4 is 5.73 Å². The number of unbranched alkanes of at least 4 members (excludes halogenated alkanes) is 11. The lowest BCUT2D eigenvalue weighted by molar-refractivity contribution is -0.152. The quantitative estimate of drug-likeness (QED) is 0.145. The molecule has 180 valence electrons. The molecule has 0 radical (unpaired) electrons. The van der Waals surface area contributed by atoms with Gasteiger partial charge in [-0.15, -0.1) is 0 Å². The molecule has 1 unspecified atom stereocenters. The van der Waals surface area contributed by atoms with E-state index >= 15 is 0 Å². The van der Waals surface area contributed by atoms with Gasteiger partial charge in [-0.05, 0) is 18.8 Å². The molecule has 0 fully saturated rings. The number of esters is 1. The molecule has 3 N–H and O–H groups in total. The number of hydrogen-bond donors (Lipinski definition) is 2. The Labute approximate surface area is 187 Å². The van der Waals surface area contributed by atoms with E-state index < -0.39 is 5.54 Å². The van der Waals surface area contributed by atoms with Crippen LogP contribution >= 0.6 is 0 Å². The third kappa shape index (κ3) is 15.2. The monoisotopic (exact) mass is 427 g/mol. The van der Waals surface area contributed by atoms with E-state index in [2.05, 4.69) is 20.8 Å². The predicted molar refractivity (Wildman–Crippen MR) is 129 cm³/mol. The van der Waals surface area contributed by atoms with Crippen LogP contribution in [0, 0.1) is 5.92 Å². The zero-order chi connectivity index (χ0) is 22.5. The third-order valence-corrected chi connectivity index (χ3v) is 6.29. The second kappa shape index (κ2) is 20.3. The smallest absolute Gasteiger partial charge is 0.326 e. The van der Waals surface area contributed by atoms with Gasteiger partial charge in [0, 0.05) is 0 Å². The maximum atomic E-state index is 12.7. The van der Waals surface area contributed by atoms with E-state index in [4.69, 9.17) is 15.6 Å². The Hall–Kier alpha value is -0.610. The number of hydrogen-bond acceptors (Lipinski definition) is 4. The fourth-order valence-electron chi connectivity index (χ4n) is 4.35. The van der Waals surface area contributed by atoms with E-state index in [9.17, 15) is 4.79 Å². The fraction of sp³-hybridized carbons (Fsp3) is 0.962. The van der Waals surface area contributed by atoms with Crippen molar-refractivity contribution in [3.8, 4) is 0 Å². The molecule has 0 heterocycles. The zero-order valence-corrected chi connectivity index (χ0v) is 20.6. The van der Waals surface area contributed by atoms with Crippen LogP contribution in [0.4, 0.5) is 0 Å². The Kier molecular flexibility index (Phi) is 19.9. The van der Waals surface area contributed by atoms with Crippen molar-refractivity contribution in [2.75, 3.05) is 13.2 Å². The summed E-state index contributed by atoms with van der Waals surface area (Å²) >= 11 is 0. The average Bonchev–Trinajstić information content (AvgIpc) is 2.75. The molecule has 0 saturated carbocycles. The van der Waals surface area contributed by atoms with Gasteiger partial charge in [-0.1, -0.05) is 124 Å². The first-order chi connectivity index (χ1) is 14.5. The van der Waals surface area contributed by atoms with Gasteiger partial charge in [0.15, 0.2) is 0 Å². The molecule has 30 heavy (non-hydrogen) atoms. The van der Waals surface area contributed by atoms with Gasteiger partial charge in [0.1, 0.15) is 12.1 Å². The molecule has 0 aromatic heterocycles. The van der Waals surface area contributed by atoms with Crippen molar-refractivity contribution in [1.29, 1.82) is 0 Å². The molecule has 4 nitrogen and oxygen atoms in total. The lowest BCUT2D eigenvalue weighted by Gasteiger charge is -2.31. The molecular formula is C26H53NO3. The first kappa shape index (κ1) is 29.4. The zero-order valence-electron chi connectivity index (χ0n) is 20.6. The summed E-state index contributed by atoms with van der Waals surface area (Å²) < 4.78 is 5.28. The normalized spacial score (nSPS) is 13.5. The SMILES string of the molecule is CCCCCCCCC(CCCCCCCC)CC(N)(CCCC)C(=O)OCCO. The number of aliphatic hydroxyl groups is 1. The van der Waals surface area contributed by atoms with Crippen molar-refractivity contribution in [2.45, 2.75) is 142 Å². The van der Waals surface area contributed by atoms with Gasteiger partial charge in [0.05, 0.1) is 6.61 Å². The van der Waals surface area contributed by atoms with Gasteiger partial charge >= 0.3 is 5.97 Å². The minimum absolute atomic E-state index is 0.0451. The van der Waals surface area contributed by atoms with E-state index in [0.717, 1.165) is 19.3 Å². The molecule has 0 aliphatic rings. The predicted octanol–water partition coefficient (Wildman–Crippen LogP) is 6.92. The van der Waals surface area contributed by atoms with Crippen LogP contribution in [-0.2, 0) is 9.53 Å². The van der Waals surface area contributed by atoms with Crippen LogP contribution in [0.2, 0.25) is 0 Å². The van der Waals surface area contributed by atoms with Crippen molar-refractivity contribution >= 4 is 5.97 Å². The molecular weight excluding hydrogens is 374 g/mol. The summed E-state index contributed by atoms with van der Waals surface area (Å²) in [5.74, 6) is 0.173. The van der Waals surface area contributed by atoms with E-state index in [1.165, 1.54) is 89.9 Å². The Morgan fingerprint density at radius 2 is 1.27 bits per heavy atom. The van der Waals surface area contributed by atoms with Gasteiger partial charge in [-0.2, -0.15) is 0 Å². The van der Waals surface area contributed by atoms with E-state index in [1.807, 2.05) is 0 Å². The minimum atomic E-state index is -0.903. The third-order valence-electron chi connectivity index (χ3n) is 6.29. The molecule has 0 aliphatic carbocycles. The average molecular weight is 428 g/mol. The summed E-state index contributed by atoms with van der Waals surface area (Å²) in [7, 11) is 0. The molecule has 0 bridgehead atoms. The Balaban J connectivity index is 4.77. The maximum Gasteiger partial charge on any atom is 0.326 e. The number of nitrogens with two attached hydrogens (primary N) is 1. The second-order valence-corrected chi connectivity index (χ2v) is 9.30. The highest BCUT2D eigenvalue weighted by Gasteiger charge is 2.37. The Morgan fingerprint density at radius 3 is 1.73 bits per heavy atom. The molecule has 0 saturated heterocycles. The van der Waals surface area contributed by atoms with Gasteiger partial charge in [-0.25, -0.2) is 0 Å². The van der Waals surface area contributed by atoms with Crippen LogP contribution in [0.15, 0.2) is 0 Å². The maximum absolute atomic E-state index is 12.7. The van der Waals surface area contributed by atoms with Gasteiger partial charge in [-0.3, -0.25) is 4.79 Å². The number of carbonyl (C=O) groups excluding carboxylic acids is 1. The van der Waals surface area contributed by atoms with E-state index in [0.29, 0.717) is 12.3 Å². The topological polar surface area (TPSA) is 72.6 Å². The Bertz CT molecular complexity index is 372. The van der Waals surface area contributed by atoms with Gasteiger partial charge < -0.3 is 15.6 Å². The first-order valence-corrected chi connectivity index (χ1v) is 13.1. The van der Waals surface area contributed by atoms with Crippen molar-refractivity contribution < 1.29 is 14.6 Å². The van der Waals surface area contributed by atoms with Gasteiger partial charge in [0.2, 0.25) is 0 Å². The summed E-state index contributed by atoms with van der Waals surface area (Å²) in [5, 5.41) is 9.03. The lowest BCUT2D eigenvalue weighted by Crippen LogP contribution is -2.50. The van der Waals surface area contributed by atoms with E-state index in [1.54, 1.807) is 0 Å². The summed E-state index contributed by atoms with van der Waals surface area (Å²) in [4.78, 5) is 12.7. The summed E-state index contributed by atoms with van der Waals surface area (Å²) in [6.45, 7) is 6.54. The molecule has 0 spiro atoms. The summed E-state index contributed by atoms with van der Waals surface area (Å²) in [6, 6.07) is 0. The molecule has 1 atom stereocenters. The Morgan fingerprint density at radius 1 is 0.800 bits per heavy atom. The van der Waals surface area contributed by atoms with Crippen molar-refractivity contribution in [3.05, 3.63) is 0 Å². The van der Waals surface area contributed by atoms with Crippen LogP contribution in [-0.4, -0.2) is 29.8 Å². The molecule has 4 heteroatoms. The van der Waals surface area contributed by atoms with Gasteiger partial charge in [0.25, 0.3) is 0 Å². The highest BCUT2D eigenvalue weighted by Crippen LogP contribution is 2.30. The van der Waals surface area contributed by atoms with Crippen molar-refractivity contribution in [1.82, 2.24) is 0 Å². The number of ether oxygens (including phenoxy) is 1. The standard InChI is InChI=1S/C26H53NO3/c1-4-7-10-12-14-16-18-24(19-17-15-13-11-8-5-2)23-26(27,20-9-6-3)25(29)30-22-21-28/h24,28H,4-23,27H2,1-3H3. The number of aliphatic hydroxyl groups excluding tert-OH is 1. The number of rotatable bonds is 22. The van der Waals surface area contributed by atoms with Crippen LogP contribution in [0.25, 0.3) is 0 Å². The molecule has 0 amide bonds. The largest absolute Gasteiger partial charge is 0.462 e. The lowest BCUT2D eigenvalue weighted by atomic mass is 9.79. The highest BCUT2D eigenvalue weighted by molar-refractivity contribution is 5.80. The number of carbonyl (C=O) groups is 1. The first-order valence-electron chi connectivity index (χ1n) is 13.1. The fourth-order valence-corrected chi connectivity index (χ4v) is 4.35. The molecule has 0 aliphatic heterocycles. The highest BCUT2D eigenvalue weighted by atomic mass is 16.5. The van der Waals surface area contributed by atoms with Crippen LogP contribution in [0.1, 0.15) is 136 Å². The minimum Gasteiger partial charge on any atom is -0.462 e. The van der Waals surface area contributed by atoms with Crippen molar-refractivity contribution in [2.24, 2.45) is 11.7 Å². The molecule has 0 rings (SSSR count). The second-order valence-electron chi connectivity index (χ2n) is 9.30. The van der Waals surface area contributed by atoms with Crippen LogP contribution in [0.5, 0.6) is 0 Å².